The lowest BCUT2D eigenvalue weighted by Gasteiger charge is -2.34. The molecule has 1 aliphatic heterocycles. The highest BCUT2D eigenvalue weighted by Crippen LogP contribution is 2.42. The summed E-state index contributed by atoms with van der Waals surface area (Å²) in [6.07, 6.45) is 4.75. The molecule has 2 aliphatic rings. The van der Waals surface area contributed by atoms with Crippen LogP contribution in [0.4, 0.5) is 8.78 Å². The summed E-state index contributed by atoms with van der Waals surface area (Å²) in [4.78, 5) is 6.35. The van der Waals surface area contributed by atoms with E-state index in [1.807, 2.05) is 0 Å². The molecule has 6 heteroatoms. The molecule has 0 radical (unpaired) electrons. The minimum atomic E-state index is -2.45. The van der Waals surface area contributed by atoms with E-state index in [0.717, 1.165) is 25.9 Å². The van der Waals surface area contributed by atoms with Crippen LogP contribution in [-0.2, 0) is 0 Å². The third kappa shape index (κ3) is 4.51. The molecule has 0 amide bonds. The molecule has 0 bridgehead atoms. The van der Waals surface area contributed by atoms with E-state index < -0.39 is 5.92 Å². The number of aliphatic imine (C=N–C) groups is 1. The van der Waals surface area contributed by atoms with E-state index in [9.17, 15) is 8.78 Å². The summed E-state index contributed by atoms with van der Waals surface area (Å²) in [6, 6.07) is 0. The van der Waals surface area contributed by atoms with E-state index in [2.05, 4.69) is 9.89 Å². The van der Waals surface area contributed by atoms with Crippen molar-refractivity contribution >= 4 is 29.9 Å². The van der Waals surface area contributed by atoms with Crippen LogP contribution in [0.2, 0.25) is 0 Å². The van der Waals surface area contributed by atoms with Crippen LogP contribution in [0.1, 0.15) is 38.5 Å². The molecule has 1 saturated heterocycles. The standard InChI is InChI=1S/C12H21F2N3.HI/c13-12(14)7-10(8-12)9-16-11(15)17-5-3-1-2-4-6-17;/h10H,1-9H2,(H2,15,16);1H. The van der Waals surface area contributed by atoms with Crippen molar-refractivity contribution in [1.29, 1.82) is 0 Å². The smallest absolute Gasteiger partial charge is 0.248 e. The van der Waals surface area contributed by atoms with E-state index in [0.29, 0.717) is 12.5 Å². The summed E-state index contributed by atoms with van der Waals surface area (Å²) in [5.74, 6) is -1.88. The van der Waals surface area contributed by atoms with Crippen molar-refractivity contribution in [3.8, 4) is 0 Å². The van der Waals surface area contributed by atoms with Crippen LogP contribution in [0.15, 0.2) is 4.99 Å². The summed E-state index contributed by atoms with van der Waals surface area (Å²) < 4.78 is 25.3. The van der Waals surface area contributed by atoms with Gasteiger partial charge in [0.05, 0.1) is 0 Å². The minimum absolute atomic E-state index is 0. The third-order valence-corrected chi connectivity index (χ3v) is 3.62. The fraction of sp³-hybridized carbons (Fsp3) is 0.917. The second kappa shape index (κ2) is 6.86. The van der Waals surface area contributed by atoms with E-state index in [1.54, 1.807) is 0 Å². The maximum absolute atomic E-state index is 12.6. The molecule has 2 N–H and O–H groups in total. The fourth-order valence-electron chi connectivity index (χ4n) is 2.54. The number of nitrogens with zero attached hydrogens (tertiary/aromatic N) is 2. The fourth-order valence-corrected chi connectivity index (χ4v) is 2.54. The van der Waals surface area contributed by atoms with Crippen LogP contribution in [0.3, 0.4) is 0 Å². The van der Waals surface area contributed by atoms with Gasteiger partial charge in [0.1, 0.15) is 0 Å². The SMILES string of the molecule is I.NC(=NCC1CC(F)(F)C1)N1CCCCCC1. The number of halogens is 3. The average Bonchev–Trinajstić information content (AvgIpc) is 2.51. The normalized spacial score (nSPS) is 25.0. The topological polar surface area (TPSA) is 41.6 Å². The van der Waals surface area contributed by atoms with Crippen LogP contribution in [0, 0.1) is 5.92 Å². The van der Waals surface area contributed by atoms with Crippen molar-refractivity contribution in [3.05, 3.63) is 0 Å². The van der Waals surface area contributed by atoms with Gasteiger partial charge in [-0.05, 0) is 18.8 Å². The van der Waals surface area contributed by atoms with E-state index in [4.69, 9.17) is 5.73 Å². The third-order valence-electron chi connectivity index (χ3n) is 3.62. The minimum Gasteiger partial charge on any atom is -0.370 e. The van der Waals surface area contributed by atoms with Gasteiger partial charge in [-0.3, -0.25) is 4.99 Å². The summed E-state index contributed by atoms with van der Waals surface area (Å²) in [5, 5.41) is 0. The number of rotatable bonds is 2. The molecular formula is C12H22F2IN3. The maximum atomic E-state index is 12.6. The molecule has 18 heavy (non-hydrogen) atoms. The van der Waals surface area contributed by atoms with E-state index in [-0.39, 0.29) is 42.7 Å². The number of hydrogen-bond donors (Lipinski definition) is 1. The van der Waals surface area contributed by atoms with Crippen molar-refractivity contribution in [3.63, 3.8) is 0 Å². The predicted molar refractivity (Wildman–Crippen MR) is 79.6 cm³/mol. The van der Waals surface area contributed by atoms with Gasteiger partial charge in [0.2, 0.25) is 5.92 Å². The van der Waals surface area contributed by atoms with Crippen LogP contribution < -0.4 is 5.73 Å². The van der Waals surface area contributed by atoms with Gasteiger partial charge in [-0.1, -0.05) is 12.8 Å². The van der Waals surface area contributed by atoms with Gasteiger partial charge >= 0.3 is 0 Å². The van der Waals surface area contributed by atoms with Crippen LogP contribution >= 0.6 is 24.0 Å². The van der Waals surface area contributed by atoms with Gasteiger partial charge < -0.3 is 10.6 Å². The summed E-state index contributed by atoms with van der Waals surface area (Å²) >= 11 is 0. The molecule has 0 aromatic rings. The summed E-state index contributed by atoms with van der Waals surface area (Å²) in [7, 11) is 0. The Morgan fingerprint density at radius 1 is 1.17 bits per heavy atom. The largest absolute Gasteiger partial charge is 0.370 e. The molecule has 0 aromatic heterocycles. The van der Waals surface area contributed by atoms with Crippen molar-refractivity contribution in [2.75, 3.05) is 19.6 Å². The molecule has 106 valence electrons. The Labute approximate surface area is 124 Å². The van der Waals surface area contributed by atoms with Crippen molar-refractivity contribution in [2.45, 2.75) is 44.4 Å². The first-order chi connectivity index (χ1) is 8.07. The monoisotopic (exact) mass is 373 g/mol. The van der Waals surface area contributed by atoms with Crippen LogP contribution in [0.5, 0.6) is 0 Å². The van der Waals surface area contributed by atoms with Crippen LogP contribution in [0.25, 0.3) is 0 Å². The van der Waals surface area contributed by atoms with Gasteiger partial charge in [0, 0.05) is 32.5 Å². The molecule has 0 aromatic carbocycles. The molecule has 0 spiro atoms. The van der Waals surface area contributed by atoms with Gasteiger partial charge in [0.25, 0.3) is 0 Å². The molecular weight excluding hydrogens is 351 g/mol. The lowest BCUT2D eigenvalue weighted by Crippen LogP contribution is -2.40. The second-order valence-corrected chi connectivity index (χ2v) is 5.23. The Bertz CT molecular complexity index is 281. The van der Waals surface area contributed by atoms with Gasteiger partial charge in [-0.25, -0.2) is 8.78 Å². The number of alkyl halides is 2. The summed E-state index contributed by atoms with van der Waals surface area (Å²) in [5.41, 5.74) is 5.90. The predicted octanol–water partition coefficient (Wildman–Crippen LogP) is 2.84. The van der Waals surface area contributed by atoms with Gasteiger partial charge in [-0.15, -0.1) is 24.0 Å². The lowest BCUT2D eigenvalue weighted by molar-refractivity contribution is -0.107. The lowest BCUT2D eigenvalue weighted by atomic mass is 9.81. The Morgan fingerprint density at radius 2 is 1.72 bits per heavy atom. The Morgan fingerprint density at radius 3 is 2.22 bits per heavy atom. The highest BCUT2D eigenvalue weighted by Gasteiger charge is 2.44. The molecule has 0 atom stereocenters. The molecule has 1 heterocycles. The number of likely N-dealkylation sites (tertiary alicyclic amines) is 1. The van der Waals surface area contributed by atoms with Crippen molar-refractivity contribution < 1.29 is 8.78 Å². The number of hydrogen-bond acceptors (Lipinski definition) is 1. The molecule has 3 nitrogen and oxygen atoms in total. The van der Waals surface area contributed by atoms with E-state index >= 15 is 0 Å². The molecule has 1 saturated carbocycles. The quantitative estimate of drug-likeness (QED) is 0.460. The second-order valence-electron chi connectivity index (χ2n) is 5.23. The first-order valence-electron chi connectivity index (χ1n) is 6.49. The van der Waals surface area contributed by atoms with Crippen molar-refractivity contribution in [2.24, 2.45) is 16.6 Å². The highest BCUT2D eigenvalue weighted by molar-refractivity contribution is 14.0. The zero-order valence-corrected chi connectivity index (χ0v) is 12.9. The Kier molecular flexibility index (Phi) is 6.07. The zero-order valence-electron chi connectivity index (χ0n) is 10.6. The Hall–Kier alpha value is -0.140. The van der Waals surface area contributed by atoms with Crippen molar-refractivity contribution in [1.82, 2.24) is 4.90 Å². The number of guanidine groups is 1. The molecule has 2 fully saturated rings. The number of nitrogens with two attached hydrogens (primary N) is 1. The molecule has 2 rings (SSSR count). The van der Waals surface area contributed by atoms with Gasteiger partial charge in [0.15, 0.2) is 5.96 Å². The first-order valence-corrected chi connectivity index (χ1v) is 6.49. The molecule has 1 aliphatic carbocycles. The maximum Gasteiger partial charge on any atom is 0.248 e. The van der Waals surface area contributed by atoms with E-state index in [1.165, 1.54) is 12.8 Å². The Balaban J connectivity index is 0.00000162. The summed E-state index contributed by atoms with van der Waals surface area (Å²) in [6.45, 7) is 2.37. The molecule has 0 unspecified atom stereocenters. The van der Waals surface area contributed by atoms with Crippen LogP contribution in [-0.4, -0.2) is 36.4 Å². The zero-order chi connectivity index (χ0) is 12.3. The average molecular weight is 373 g/mol. The first kappa shape index (κ1) is 15.9. The highest BCUT2D eigenvalue weighted by atomic mass is 127. The van der Waals surface area contributed by atoms with Gasteiger partial charge in [-0.2, -0.15) is 0 Å².